The van der Waals surface area contributed by atoms with E-state index in [2.05, 4.69) is 4.98 Å². The molecule has 2 heterocycles. The Bertz CT molecular complexity index is 492. The van der Waals surface area contributed by atoms with Crippen molar-refractivity contribution in [3.63, 3.8) is 0 Å². The molecular weight excluding hydrogens is 241 g/mol. The maximum absolute atomic E-state index is 12.1. The van der Waals surface area contributed by atoms with Crippen molar-refractivity contribution in [1.29, 1.82) is 0 Å². The second-order valence-electron chi connectivity index (χ2n) is 3.93. The lowest BCUT2D eigenvalue weighted by atomic mass is 10.1. The molecule has 0 unspecified atom stereocenters. The van der Waals surface area contributed by atoms with Crippen molar-refractivity contribution in [2.45, 2.75) is 19.1 Å². The van der Waals surface area contributed by atoms with Crippen LogP contribution in [0.3, 0.4) is 0 Å². The summed E-state index contributed by atoms with van der Waals surface area (Å²) in [5, 5.41) is 0. The Morgan fingerprint density at radius 3 is 2.06 bits per heavy atom. The van der Waals surface area contributed by atoms with Crippen LogP contribution in [0.5, 0.6) is 0 Å². The molecule has 18 heavy (non-hydrogen) atoms. The Labute approximate surface area is 103 Å². The summed E-state index contributed by atoms with van der Waals surface area (Å²) >= 11 is 0. The van der Waals surface area contributed by atoms with Crippen LogP contribution in [0.1, 0.15) is 6.42 Å². The van der Waals surface area contributed by atoms with Crippen molar-refractivity contribution >= 4 is 0 Å². The Morgan fingerprint density at radius 2 is 1.50 bits per heavy atom. The van der Waals surface area contributed by atoms with Gasteiger partial charge >= 0.3 is 6.18 Å². The van der Waals surface area contributed by atoms with E-state index < -0.39 is 12.6 Å². The van der Waals surface area contributed by atoms with Gasteiger partial charge in [-0.15, -0.1) is 0 Å². The van der Waals surface area contributed by atoms with Crippen LogP contribution in [0.15, 0.2) is 49.1 Å². The first-order chi connectivity index (χ1) is 8.54. The predicted molar refractivity (Wildman–Crippen MR) is 60.5 cm³/mol. The van der Waals surface area contributed by atoms with E-state index in [4.69, 9.17) is 0 Å². The lowest BCUT2D eigenvalue weighted by Crippen LogP contribution is -2.35. The summed E-state index contributed by atoms with van der Waals surface area (Å²) in [6, 6.07) is 7.31. The van der Waals surface area contributed by atoms with Gasteiger partial charge in [-0.1, -0.05) is 0 Å². The average Bonchev–Trinajstić information content (AvgIpc) is 2.37. The summed E-state index contributed by atoms with van der Waals surface area (Å²) in [5.74, 6) is 0. The zero-order chi connectivity index (χ0) is 13.0. The van der Waals surface area contributed by atoms with Crippen LogP contribution in [-0.2, 0) is 6.54 Å². The summed E-state index contributed by atoms with van der Waals surface area (Å²) in [5.41, 5.74) is 1.95. The Balaban J connectivity index is 2.07. The zero-order valence-electron chi connectivity index (χ0n) is 9.56. The van der Waals surface area contributed by atoms with Crippen LogP contribution in [0.4, 0.5) is 13.2 Å². The third-order valence-corrected chi connectivity index (χ3v) is 2.56. The minimum absolute atomic E-state index is 0.0554. The van der Waals surface area contributed by atoms with Gasteiger partial charge in [0.1, 0.15) is 6.42 Å². The van der Waals surface area contributed by atoms with Gasteiger partial charge in [0.25, 0.3) is 0 Å². The molecule has 0 aliphatic carbocycles. The normalized spacial score (nSPS) is 11.5. The minimum atomic E-state index is -4.11. The lowest BCUT2D eigenvalue weighted by molar-refractivity contribution is -0.700. The van der Waals surface area contributed by atoms with Gasteiger partial charge in [0.2, 0.25) is 0 Å². The second-order valence-corrected chi connectivity index (χ2v) is 3.93. The van der Waals surface area contributed by atoms with E-state index in [1.807, 2.05) is 12.1 Å². The molecular formula is C13H12F3N2+. The van der Waals surface area contributed by atoms with Crippen LogP contribution >= 0.6 is 0 Å². The first-order valence-corrected chi connectivity index (χ1v) is 5.51. The van der Waals surface area contributed by atoms with Gasteiger partial charge in [0, 0.05) is 24.5 Å². The highest BCUT2D eigenvalue weighted by molar-refractivity contribution is 5.61. The Kier molecular flexibility index (Phi) is 3.60. The third kappa shape index (κ3) is 3.55. The number of alkyl halides is 3. The Morgan fingerprint density at radius 1 is 0.944 bits per heavy atom. The monoisotopic (exact) mass is 253 g/mol. The van der Waals surface area contributed by atoms with E-state index in [1.54, 1.807) is 36.9 Å². The first kappa shape index (κ1) is 12.5. The molecule has 0 bridgehead atoms. The molecule has 0 aliphatic heterocycles. The van der Waals surface area contributed by atoms with Gasteiger partial charge in [-0.05, 0) is 23.3 Å². The average molecular weight is 253 g/mol. The highest BCUT2D eigenvalue weighted by atomic mass is 19.4. The van der Waals surface area contributed by atoms with Crippen LogP contribution in [0, 0.1) is 0 Å². The molecule has 0 aromatic carbocycles. The number of halogens is 3. The number of aryl methyl sites for hydroxylation is 1. The van der Waals surface area contributed by atoms with Gasteiger partial charge in [-0.3, -0.25) is 4.98 Å². The van der Waals surface area contributed by atoms with Crippen molar-refractivity contribution in [3.8, 4) is 11.1 Å². The molecule has 0 saturated carbocycles. The predicted octanol–water partition coefficient (Wildman–Crippen LogP) is 2.99. The van der Waals surface area contributed by atoms with Gasteiger partial charge in [-0.2, -0.15) is 13.2 Å². The molecule has 0 atom stereocenters. The standard InChI is InChI=1S/C13H12F3N2/c14-13(15,16)5-10-18-8-3-12(4-9-18)11-1-6-17-7-2-11/h1-4,6-9H,5,10H2/q+1. The number of nitrogens with zero attached hydrogens (tertiary/aromatic N) is 2. The van der Waals surface area contributed by atoms with Crippen LogP contribution in [-0.4, -0.2) is 11.2 Å². The highest BCUT2D eigenvalue weighted by Gasteiger charge is 2.28. The van der Waals surface area contributed by atoms with Crippen molar-refractivity contribution < 1.29 is 17.7 Å². The van der Waals surface area contributed by atoms with Gasteiger partial charge in [0.15, 0.2) is 18.9 Å². The van der Waals surface area contributed by atoms with Gasteiger partial charge < -0.3 is 0 Å². The van der Waals surface area contributed by atoms with Crippen LogP contribution < -0.4 is 4.57 Å². The summed E-state index contributed by atoms with van der Waals surface area (Å²) < 4.78 is 37.7. The Hall–Kier alpha value is -1.91. The topological polar surface area (TPSA) is 16.8 Å². The van der Waals surface area contributed by atoms with E-state index in [0.717, 1.165) is 11.1 Å². The fourth-order valence-corrected chi connectivity index (χ4v) is 1.60. The maximum atomic E-state index is 12.1. The van der Waals surface area contributed by atoms with Gasteiger partial charge in [-0.25, -0.2) is 4.57 Å². The molecule has 2 nitrogen and oxygen atoms in total. The van der Waals surface area contributed by atoms with E-state index >= 15 is 0 Å². The third-order valence-electron chi connectivity index (χ3n) is 2.56. The number of aromatic nitrogens is 2. The first-order valence-electron chi connectivity index (χ1n) is 5.51. The summed E-state index contributed by atoms with van der Waals surface area (Å²) in [4.78, 5) is 3.91. The molecule has 0 N–H and O–H groups in total. The number of rotatable bonds is 3. The quantitative estimate of drug-likeness (QED) is 0.768. The van der Waals surface area contributed by atoms with Crippen molar-refractivity contribution in [3.05, 3.63) is 49.1 Å². The SMILES string of the molecule is FC(F)(F)CC[n+]1ccc(-c2ccncc2)cc1. The summed E-state index contributed by atoms with van der Waals surface area (Å²) in [6.07, 6.45) is 1.74. The van der Waals surface area contributed by atoms with Crippen molar-refractivity contribution in [1.82, 2.24) is 4.98 Å². The molecule has 2 aromatic rings. The number of hydrogen-bond acceptors (Lipinski definition) is 1. The molecule has 0 fully saturated rings. The molecule has 0 amide bonds. The molecule has 5 heteroatoms. The summed E-state index contributed by atoms with van der Waals surface area (Å²) in [6.45, 7) is -0.0554. The molecule has 0 aliphatic rings. The smallest absolute Gasteiger partial charge is 0.265 e. The van der Waals surface area contributed by atoms with E-state index in [1.165, 1.54) is 4.57 Å². The number of hydrogen-bond donors (Lipinski definition) is 0. The molecule has 2 rings (SSSR count). The van der Waals surface area contributed by atoms with E-state index in [-0.39, 0.29) is 6.54 Å². The minimum Gasteiger partial charge on any atom is -0.265 e. The molecule has 0 spiro atoms. The van der Waals surface area contributed by atoms with Crippen molar-refractivity contribution in [2.75, 3.05) is 0 Å². The fraction of sp³-hybridized carbons (Fsp3) is 0.231. The number of pyridine rings is 2. The summed E-state index contributed by atoms with van der Waals surface area (Å²) in [7, 11) is 0. The van der Waals surface area contributed by atoms with Gasteiger partial charge in [0.05, 0.1) is 0 Å². The van der Waals surface area contributed by atoms with Crippen molar-refractivity contribution in [2.24, 2.45) is 0 Å². The van der Waals surface area contributed by atoms with E-state index in [0.29, 0.717) is 0 Å². The lowest BCUT2D eigenvalue weighted by Gasteiger charge is -2.03. The van der Waals surface area contributed by atoms with Crippen LogP contribution in [0.25, 0.3) is 11.1 Å². The molecule has 0 saturated heterocycles. The van der Waals surface area contributed by atoms with Crippen LogP contribution in [0.2, 0.25) is 0 Å². The molecule has 2 aromatic heterocycles. The highest BCUT2D eigenvalue weighted by Crippen LogP contribution is 2.19. The fourth-order valence-electron chi connectivity index (χ4n) is 1.60. The maximum Gasteiger partial charge on any atom is 0.395 e. The molecule has 94 valence electrons. The second kappa shape index (κ2) is 5.16. The largest absolute Gasteiger partial charge is 0.395 e. The van der Waals surface area contributed by atoms with E-state index in [9.17, 15) is 13.2 Å². The molecule has 0 radical (unpaired) electrons. The zero-order valence-corrected chi connectivity index (χ0v) is 9.56.